The molecule has 0 aliphatic carbocycles. The van der Waals surface area contributed by atoms with Crippen molar-refractivity contribution in [3.8, 4) is 11.5 Å². The molecule has 350 valence electrons. The summed E-state index contributed by atoms with van der Waals surface area (Å²) >= 11 is 0. The van der Waals surface area contributed by atoms with Crippen LogP contribution in [-0.2, 0) is 43.2 Å². The number of ketones is 1. The number of ether oxygens (including phenoxy) is 2. The van der Waals surface area contributed by atoms with Crippen LogP contribution in [0.15, 0.2) is 64.1 Å². The Kier molecular flexibility index (Phi) is 16.0. The number of rotatable bonds is 25. The minimum Gasteiger partial charge on any atom is -0.488 e. The molecule has 67 heavy (non-hydrogen) atoms. The van der Waals surface area contributed by atoms with E-state index in [0.717, 1.165) is 28.0 Å². The highest BCUT2D eigenvalue weighted by molar-refractivity contribution is 6.15. The lowest BCUT2D eigenvalue weighted by Crippen LogP contribution is -2.35. The van der Waals surface area contributed by atoms with Crippen LogP contribution in [0.5, 0.6) is 11.5 Å². The number of benzene rings is 3. The van der Waals surface area contributed by atoms with Crippen LogP contribution >= 0.6 is 0 Å². The smallest absolute Gasteiger partial charge is 0.335 e. The van der Waals surface area contributed by atoms with Crippen molar-refractivity contribution in [1.82, 2.24) is 5.06 Å². The molecule has 4 aromatic rings. The molecule has 26 heteroatoms. The Labute approximate surface area is 375 Å². The SMILES string of the molecule is [N-]=[N+]=Nc1c(C(=O)c2ccc(C(=O)O)cc2)oc2cc(N(CC(=O)O)CC(=O)O)c(OCCOc3cc(NC(=O)CCCC(=O)ON4C(=O)CCC4=O)ccc3N(CC(=O)O)CC(=O)O)cc12. The highest BCUT2D eigenvalue weighted by Gasteiger charge is 2.33. The maximum Gasteiger partial charge on any atom is 0.335 e. The van der Waals surface area contributed by atoms with E-state index in [0.29, 0.717) is 5.06 Å². The molecule has 0 atom stereocenters. The molecule has 6 N–H and O–H groups in total. The van der Waals surface area contributed by atoms with Crippen molar-refractivity contribution in [3.63, 3.8) is 0 Å². The summed E-state index contributed by atoms with van der Waals surface area (Å²) in [7, 11) is 0. The highest BCUT2D eigenvalue weighted by atomic mass is 16.7. The Morgan fingerprint density at radius 1 is 0.716 bits per heavy atom. The zero-order valence-corrected chi connectivity index (χ0v) is 34.6. The standard InChI is InChI=1S/C41H37N7O19/c42-45-44-38-24-15-29(26(47(19-35(56)57)20-36(58)59)16-27(24)66-40(38)39(61)21-4-6-22(7-5-21)41(62)63)65-13-12-64-28-14-23(8-9-25(28)46(17-33(52)53)18-34(54)55)43-30(49)2-1-3-37(60)67-48-31(50)10-11-32(48)51/h4-9,14-16H,1-3,10-13,17-20H2,(H,43,49)(H,52,53)(H,54,55)(H,56,57)(H,58,59)(H,62,63). The summed E-state index contributed by atoms with van der Waals surface area (Å²) in [4.78, 5) is 130. The molecule has 1 aromatic heterocycles. The minimum atomic E-state index is -1.47. The quantitative estimate of drug-likeness (QED) is 0.0138. The van der Waals surface area contributed by atoms with Crippen molar-refractivity contribution in [2.24, 2.45) is 5.11 Å². The first-order valence-electron chi connectivity index (χ1n) is 19.5. The average Bonchev–Trinajstić information content (AvgIpc) is 3.77. The normalized spacial score (nSPS) is 11.9. The van der Waals surface area contributed by atoms with Gasteiger partial charge in [0.1, 0.15) is 56.5 Å². The van der Waals surface area contributed by atoms with Gasteiger partial charge in [-0.25, -0.2) is 9.59 Å². The Morgan fingerprint density at radius 3 is 1.79 bits per heavy atom. The van der Waals surface area contributed by atoms with Crippen LogP contribution in [-0.4, -0.2) is 129 Å². The van der Waals surface area contributed by atoms with Crippen molar-refractivity contribution in [2.45, 2.75) is 32.1 Å². The number of imide groups is 1. The Bertz CT molecular complexity index is 2660. The number of carboxylic acid groups (broad SMARTS) is 5. The number of nitrogens with zero attached hydrogens (tertiary/aromatic N) is 6. The van der Waals surface area contributed by atoms with Gasteiger partial charge in [0.25, 0.3) is 11.8 Å². The molecular weight excluding hydrogens is 894 g/mol. The number of hydrogen-bond donors (Lipinski definition) is 6. The van der Waals surface area contributed by atoms with Crippen molar-refractivity contribution in [1.29, 1.82) is 0 Å². The molecule has 3 amide bonds. The summed E-state index contributed by atoms with van der Waals surface area (Å²) in [6.45, 7) is -4.36. The molecule has 3 aromatic carbocycles. The van der Waals surface area contributed by atoms with Crippen LogP contribution in [0.25, 0.3) is 21.4 Å². The van der Waals surface area contributed by atoms with E-state index in [2.05, 4.69) is 15.3 Å². The second-order valence-corrected chi connectivity index (χ2v) is 14.1. The van der Waals surface area contributed by atoms with Gasteiger partial charge in [-0.15, -0.1) is 5.06 Å². The van der Waals surface area contributed by atoms with Gasteiger partial charge in [0.05, 0.1) is 22.6 Å². The van der Waals surface area contributed by atoms with E-state index in [4.69, 9.17) is 18.7 Å². The minimum absolute atomic E-state index is 0.0607. The first-order valence-corrected chi connectivity index (χ1v) is 19.5. The maximum absolute atomic E-state index is 13.6. The molecule has 1 saturated heterocycles. The van der Waals surface area contributed by atoms with Crippen molar-refractivity contribution >= 4 is 93.0 Å². The number of anilines is 3. The fourth-order valence-electron chi connectivity index (χ4n) is 6.45. The Morgan fingerprint density at radius 2 is 1.25 bits per heavy atom. The van der Waals surface area contributed by atoms with Gasteiger partial charge in [0, 0.05) is 59.4 Å². The first-order chi connectivity index (χ1) is 31.8. The van der Waals surface area contributed by atoms with Crippen molar-refractivity contribution in [3.05, 3.63) is 81.9 Å². The highest BCUT2D eigenvalue weighted by Crippen LogP contribution is 2.42. The van der Waals surface area contributed by atoms with Crippen LogP contribution < -0.4 is 24.6 Å². The molecule has 1 aliphatic heterocycles. The predicted octanol–water partition coefficient (Wildman–Crippen LogP) is 3.43. The second kappa shape index (κ2) is 21.9. The molecule has 0 bridgehead atoms. The van der Waals surface area contributed by atoms with E-state index in [9.17, 15) is 79.0 Å². The molecule has 0 spiro atoms. The van der Waals surface area contributed by atoms with Crippen LogP contribution in [0.1, 0.15) is 58.6 Å². The molecular formula is C41H37N7O19. The molecule has 0 radical (unpaired) electrons. The summed E-state index contributed by atoms with van der Waals surface area (Å²) in [5, 5.41) is 54.1. The number of fused-ring (bicyclic) bond motifs is 1. The van der Waals surface area contributed by atoms with E-state index in [1.54, 1.807) is 0 Å². The van der Waals surface area contributed by atoms with Crippen LogP contribution in [0.4, 0.5) is 22.7 Å². The number of furan rings is 1. The van der Waals surface area contributed by atoms with Gasteiger partial charge >= 0.3 is 35.8 Å². The predicted molar refractivity (Wildman–Crippen MR) is 224 cm³/mol. The van der Waals surface area contributed by atoms with E-state index < -0.39 is 104 Å². The molecule has 1 aliphatic rings. The zero-order valence-electron chi connectivity index (χ0n) is 34.6. The maximum atomic E-state index is 13.6. The fraction of sp³-hybridized carbons (Fsp3) is 0.268. The average molecular weight is 932 g/mol. The van der Waals surface area contributed by atoms with Gasteiger partial charge in [0.15, 0.2) is 5.76 Å². The van der Waals surface area contributed by atoms with E-state index in [1.165, 1.54) is 36.4 Å². The van der Waals surface area contributed by atoms with Gasteiger partial charge < -0.3 is 59.4 Å². The van der Waals surface area contributed by atoms with Gasteiger partial charge in [0.2, 0.25) is 11.7 Å². The van der Waals surface area contributed by atoms with Crippen LogP contribution in [0.3, 0.4) is 0 Å². The van der Waals surface area contributed by atoms with E-state index in [-0.39, 0.29) is 88.4 Å². The van der Waals surface area contributed by atoms with Crippen LogP contribution in [0, 0.1) is 0 Å². The first kappa shape index (κ1) is 48.8. The third-order valence-electron chi connectivity index (χ3n) is 9.30. The Hall–Kier alpha value is -9.19. The number of amides is 3. The fourth-order valence-corrected chi connectivity index (χ4v) is 6.45. The van der Waals surface area contributed by atoms with Gasteiger partial charge in [-0.3, -0.25) is 38.4 Å². The van der Waals surface area contributed by atoms with Gasteiger partial charge in [-0.05, 0) is 42.3 Å². The van der Waals surface area contributed by atoms with Gasteiger partial charge in [-0.1, -0.05) is 17.2 Å². The van der Waals surface area contributed by atoms with Gasteiger partial charge in [-0.2, -0.15) is 0 Å². The number of hydroxylamine groups is 2. The zero-order chi connectivity index (χ0) is 48.9. The lowest BCUT2D eigenvalue weighted by atomic mass is 10.1. The largest absolute Gasteiger partial charge is 0.488 e. The number of carbonyl (C=O) groups is 10. The summed E-state index contributed by atoms with van der Waals surface area (Å²) < 4.78 is 17.7. The number of aromatic carboxylic acids is 1. The van der Waals surface area contributed by atoms with E-state index in [1.807, 2.05) is 0 Å². The lowest BCUT2D eigenvalue weighted by molar-refractivity contribution is -0.197. The third kappa shape index (κ3) is 12.9. The third-order valence-corrected chi connectivity index (χ3v) is 9.30. The number of azide groups is 1. The summed E-state index contributed by atoms with van der Waals surface area (Å²) in [6.07, 6.45) is -0.879. The molecule has 0 unspecified atom stereocenters. The number of hydrogen-bond acceptors (Lipinski definition) is 17. The summed E-state index contributed by atoms with van der Waals surface area (Å²) in [6, 6.07) is 10.8. The van der Waals surface area contributed by atoms with E-state index >= 15 is 0 Å². The number of nitrogens with one attached hydrogen (secondary N) is 1. The number of carboxylic acids is 5. The second-order valence-electron chi connectivity index (χ2n) is 14.1. The number of aliphatic carboxylic acids is 4. The summed E-state index contributed by atoms with van der Waals surface area (Å²) in [5.41, 5.74) is 8.45. The monoisotopic (exact) mass is 931 g/mol. The molecule has 26 nitrogen and oxygen atoms in total. The van der Waals surface area contributed by atoms with Crippen molar-refractivity contribution in [2.75, 3.05) is 54.5 Å². The molecule has 0 saturated carbocycles. The topological polar surface area (TPSA) is 383 Å². The lowest BCUT2D eigenvalue weighted by Gasteiger charge is -2.25. The van der Waals surface area contributed by atoms with Crippen molar-refractivity contribution < 1.29 is 92.2 Å². The molecule has 1 fully saturated rings. The summed E-state index contributed by atoms with van der Waals surface area (Å²) in [5.74, 6) is -11.8. The molecule has 5 rings (SSSR count). The Balaban J connectivity index is 1.42. The molecule has 2 heterocycles. The number of carbonyl (C=O) groups excluding carboxylic acids is 5. The van der Waals surface area contributed by atoms with Crippen LogP contribution in [0.2, 0.25) is 0 Å².